The standard InChI is InChI=1S/C16H22N2O2/c1-11-4-3-5-14(15(11)19)16(20)18-9-8-12-6-7-13(10-18)17(12)2/h3-5,12-13,19H,6-10H2,1-2H3. The fourth-order valence-electron chi connectivity index (χ4n) is 3.50. The Morgan fingerprint density at radius 2 is 2.00 bits per heavy atom. The fourth-order valence-corrected chi connectivity index (χ4v) is 3.50. The van der Waals surface area contributed by atoms with Crippen molar-refractivity contribution in [2.45, 2.75) is 38.3 Å². The first-order chi connectivity index (χ1) is 9.58. The van der Waals surface area contributed by atoms with Crippen LogP contribution in [0.1, 0.15) is 35.2 Å². The molecule has 20 heavy (non-hydrogen) atoms. The molecule has 2 aliphatic heterocycles. The molecule has 2 aliphatic rings. The Labute approximate surface area is 120 Å². The number of amides is 1. The number of carbonyl (C=O) groups excluding carboxylic acids is 1. The van der Waals surface area contributed by atoms with Gasteiger partial charge in [0.2, 0.25) is 0 Å². The smallest absolute Gasteiger partial charge is 0.257 e. The summed E-state index contributed by atoms with van der Waals surface area (Å²) in [5, 5.41) is 10.1. The van der Waals surface area contributed by atoms with Gasteiger partial charge in [-0.2, -0.15) is 0 Å². The lowest BCUT2D eigenvalue weighted by Gasteiger charge is -2.26. The van der Waals surface area contributed by atoms with Gasteiger partial charge in [0.15, 0.2) is 0 Å². The largest absolute Gasteiger partial charge is 0.507 e. The second-order valence-corrected chi connectivity index (χ2v) is 6.06. The van der Waals surface area contributed by atoms with E-state index in [0.29, 0.717) is 17.6 Å². The number of phenolic OH excluding ortho intramolecular Hbond substituents is 1. The fraction of sp³-hybridized carbons (Fsp3) is 0.562. The van der Waals surface area contributed by atoms with E-state index in [4.69, 9.17) is 0 Å². The SMILES string of the molecule is Cc1cccc(C(=O)N2CCC3CCC(C2)N3C)c1O. The van der Waals surface area contributed by atoms with Crippen LogP contribution in [0, 0.1) is 6.92 Å². The molecule has 2 fully saturated rings. The van der Waals surface area contributed by atoms with Gasteiger partial charge in [0.05, 0.1) is 5.56 Å². The zero-order valence-corrected chi connectivity index (χ0v) is 12.2. The van der Waals surface area contributed by atoms with Gasteiger partial charge in [-0.1, -0.05) is 12.1 Å². The Hall–Kier alpha value is -1.55. The molecule has 1 aromatic carbocycles. The lowest BCUT2D eigenvalue weighted by atomic mass is 10.1. The van der Waals surface area contributed by atoms with Gasteiger partial charge in [0, 0.05) is 25.2 Å². The number of fused-ring (bicyclic) bond motifs is 2. The molecule has 2 unspecified atom stereocenters. The van der Waals surface area contributed by atoms with Crippen molar-refractivity contribution in [3.8, 4) is 5.75 Å². The number of rotatable bonds is 1. The molecule has 0 aliphatic carbocycles. The zero-order chi connectivity index (χ0) is 14.3. The highest BCUT2D eigenvalue weighted by Gasteiger charge is 2.36. The van der Waals surface area contributed by atoms with E-state index in [1.807, 2.05) is 24.0 Å². The molecule has 2 heterocycles. The number of para-hydroxylation sites is 1. The summed E-state index contributed by atoms with van der Waals surface area (Å²) < 4.78 is 0. The molecule has 0 radical (unpaired) electrons. The number of likely N-dealkylation sites (tertiary alicyclic amines) is 1. The third-order valence-corrected chi connectivity index (χ3v) is 4.90. The highest BCUT2D eigenvalue weighted by molar-refractivity contribution is 5.97. The van der Waals surface area contributed by atoms with Gasteiger partial charge in [-0.05, 0) is 44.9 Å². The Morgan fingerprint density at radius 3 is 2.80 bits per heavy atom. The molecular formula is C16H22N2O2. The number of aryl methyl sites for hydroxylation is 1. The number of hydrogen-bond acceptors (Lipinski definition) is 3. The van der Waals surface area contributed by atoms with Crippen molar-refractivity contribution in [3.63, 3.8) is 0 Å². The maximum absolute atomic E-state index is 12.7. The van der Waals surface area contributed by atoms with Crippen LogP contribution in [0.4, 0.5) is 0 Å². The molecule has 4 heteroatoms. The van der Waals surface area contributed by atoms with Crippen LogP contribution in [-0.2, 0) is 0 Å². The molecule has 108 valence electrons. The Balaban J connectivity index is 1.82. The van der Waals surface area contributed by atoms with Crippen LogP contribution in [0.25, 0.3) is 0 Å². The minimum atomic E-state index is -0.0350. The molecule has 3 rings (SSSR count). The average Bonchev–Trinajstić information content (AvgIpc) is 2.66. The molecule has 0 aromatic heterocycles. The van der Waals surface area contributed by atoms with E-state index in [2.05, 4.69) is 11.9 Å². The van der Waals surface area contributed by atoms with E-state index >= 15 is 0 Å². The van der Waals surface area contributed by atoms with Crippen molar-refractivity contribution in [2.75, 3.05) is 20.1 Å². The third kappa shape index (κ3) is 2.18. The van der Waals surface area contributed by atoms with Crippen LogP contribution < -0.4 is 0 Å². The summed E-state index contributed by atoms with van der Waals surface area (Å²) in [4.78, 5) is 17.0. The molecule has 1 N–H and O–H groups in total. The van der Waals surface area contributed by atoms with Gasteiger partial charge in [-0.25, -0.2) is 0 Å². The molecule has 2 atom stereocenters. The molecule has 1 amide bonds. The Morgan fingerprint density at radius 1 is 1.25 bits per heavy atom. The lowest BCUT2D eigenvalue weighted by molar-refractivity contribution is 0.0737. The molecule has 1 aromatic rings. The summed E-state index contributed by atoms with van der Waals surface area (Å²) in [6.07, 6.45) is 3.45. The summed E-state index contributed by atoms with van der Waals surface area (Å²) in [6.45, 7) is 3.39. The van der Waals surface area contributed by atoms with Crippen molar-refractivity contribution in [1.82, 2.24) is 9.80 Å². The zero-order valence-electron chi connectivity index (χ0n) is 12.2. The van der Waals surface area contributed by atoms with Gasteiger partial charge in [-0.3, -0.25) is 9.69 Å². The summed E-state index contributed by atoms with van der Waals surface area (Å²) in [6, 6.07) is 6.46. The van der Waals surface area contributed by atoms with E-state index in [0.717, 1.165) is 25.1 Å². The van der Waals surface area contributed by atoms with Gasteiger partial charge in [0.25, 0.3) is 5.91 Å². The third-order valence-electron chi connectivity index (χ3n) is 4.90. The number of likely N-dealkylation sites (N-methyl/N-ethyl adjacent to an activating group) is 1. The minimum Gasteiger partial charge on any atom is -0.507 e. The second-order valence-electron chi connectivity index (χ2n) is 6.06. The van der Waals surface area contributed by atoms with Crippen LogP contribution in [0.5, 0.6) is 5.75 Å². The number of phenols is 1. The number of benzene rings is 1. The summed E-state index contributed by atoms with van der Waals surface area (Å²) in [5.41, 5.74) is 1.19. The second kappa shape index (κ2) is 5.09. The van der Waals surface area contributed by atoms with Crippen molar-refractivity contribution >= 4 is 5.91 Å². The van der Waals surface area contributed by atoms with Gasteiger partial charge < -0.3 is 10.0 Å². The molecule has 0 saturated carbocycles. The van der Waals surface area contributed by atoms with E-state index < -0.39 is 0 Å². The van der Waals surface area contributed by atoms with Gasteiger partial charge in [-0.15, -0.1) is 0 Å². The quantitative estimate of drug-likeness (QED) is 0.852. The first-order valence-electron chi connectivity index (χ1n) is 7.37. The topological polar surface area (TPSA) is 43.8 Å². The predicted molar refractivity (Wildman–Crippen MR) is 77.9 cm³/mol. The number of hydrogen-bond donors (Lipinski definition) is 1. The van der Waals surface area contributed by atoms with E-state index in [-0.39, 0.29) is 11.7 Å². The van der Waals surface area contributed by atoms with Crippen molar-refractivity contribution in [2.24, 2.45) is 0 Å². The van der Waals surface area contributed by atoms with Crippen LogP contribution in [0.2, 0.25) is 0 Å². The molecule has 4 nitrogen and oxygen atoms in total. The average molecular weight is 274 g/mol. The maximum atomic E-state index is 12.7. The summed E-state index contributed by atoms with van der Waals surface area (Å²) >= 11 is 0. The Bertz CT molecular complexity index is 529. The summed E-state index contributed by atoms with van der Waals surface area (Å²) in [5.74, 6) is 0.0902. The lowest BCUT2D eigenvalue weighted by Crippen LogP contribution is -2.39. The first kappa shape index (κ1) is 13.4. The molecule has 2 saturated heterocycles. The van der Waals surface area contributed by atoms with Gasteiger partial charge >= 0.3 is 0 Å². The van der Waals surface area contributed by atoms with Crippen molar-refractivity contribution < 1.29 is 9.90 Å². The molecule has 0 spiro atoms. The van der Waals surface area contributed by atoms with Crippen molar-refractivity contribution in [1.29, 1.82) is 0 Å². The number of aromatic hydroxyl groups is 1. The highest BCUT2D eigenvalue weighted by atomic mass is 16.3. The maximum Gasteiger partial charge on any atom is 0.257 e. The Kier molecular flexibility index (Phi) is 3.42. The van der Waals surface area contributed by atoms with Crippen LogP contribution in [0.15, 0.2) is 18.2 Å². The van der Waals surface area contributed by atoms with E-state index in [1.54, 1.807) is 6.07 Å². The first-order valence-corrected chi connectivity index (χ1v) is 7.37. The number of carbonyl (C=O) groups is 1. The van der Waals surface area contributed by atoms with Crippen LogP contribution in [-0.4, -0.2) is 53.0 Å². The van der Waals surface area contributed by atoms with E-state index in [9.17, 15) is 9.90 Å². The highest BCUT2D eigenvalue weighted by Crippen LogP contribution is 2.30. The molecule has 2 bridgehead atoms. The normalized spacial score (nSPS) is 26.6. The minimum absolute atomic E-state index is 0.0350. The van der Waals surface area contributed by atoms with E-state index in [1.165, 1.54) is 12.8 Å². The number of nitrogens with zero attached hydrogens (tertiary/aromatic N) is 2. The predicted octanol–water partition coefficient (Wildman–Crippen LogP) is 2.01. The van der Waals surface area contributed by atoms with Gasteiger partial charge in [0.1, 0.15) is 5.75 Å². The van der Waals surface area contributed by atoms with Crippen LogP contribution in [0.3, 0.4) is 0 Å². The summed E-state index contributed by atoms with van der Waals surface area (Å²) in [7, 11) is 2.17. The monoisotopic (exact) mass is 274 g/mol. The van der Waals surface area contributed by atoms with Crippen molar-refractivity contribution in [3.05, 3.63) is 29.3 Å². The van der Waals surface area contributed by atoms with Crippen LogP contribution >= 0.6 is 0 Å². The molecular weight excluding hydrogens is 252 g/mol.